The van der Waals surface area contributed by atoms with Crippen LogP contribution < -0.4 is 0 Å². The average molecular weight is 436 g/mol. The molecular formula is C26H31N2O4+. The average Bonchev–Trinajstić information content (AvgIpc) is 3.36. The van der Waals surface area contributed by atoms with E-state index in [1.165, 1.54) is 22.3 Å². The molecule has 0 bridgehead atoms. The minimum atomic E-state index is -0.713. The molecule has 6 nitrogen and oxygen atoms in total. The van der Waals surface area contributed by atoms with Gasteiger partial charge in [-0.2, -0.15) is 4.79 Å². The fourth-order valence-corrected chi connectivity index (χ4v) is 6.28. The molecule has 2 atom stereocenters. The highest BCUT2D eigenvalue weighted by Gasteiger charge is 2.52. The maximum Gasteiger partial charge on any atom is 0.514 e. The third kappa shape index (κ3) is 3.28. The number of hydrogen-bond donors (Lipinski definition) is 1. The molecule has 1 unspecified atom stereocenters. The number of likely N-dealkylation sites (tertiary alicyclic amines) is 2. The van der Waals surface area contributed by atoms with Gasteiger partial charge < -0.3 is 14.7 Å². The van der Waals surface area contributed by atoms with E-state index in [1.807, 2.05) is 24.3 Å². The van der Waals surface area contributed by atoms with Crippen molar-refractivity contribution in [2.75, 3.05) is 26.2 Å². The summed E-state index contributed by atoms with van der Waals surface area (Å²) in [5.41, 5.74) is 4.84. The molecule has 2 heterocycles. The van der Waals surface area contributed by atoms with Gasteiger partial charge in [0, 0.05) is 44.7 Å². The van der Waals surface area contributed by atoms with E-state index in [9.17, 15) is 14.7 Å². The van der Waals surface area contributed by atoms with Gasteiger partial charge in [-0.15, -0.1) is 0 Å². The Labute approximate surface area is 189 Å². The zero-order valence-corrected chi connectivity index (χ0v) is 18.6. The van der Waals surface area contributed by atoms with Gasteiger partial charge in [-0.3, -0.25) is 0 Å². The molecule has 0 spiro atoms. The number of rotatable bonds is 3. The largest absolute Gasteiger partial charge is 0.514 e. The normalized spacial score (nSPS) is 25.4. The van der Waals surface area contributed by atoms with Gasteiger partial charge in [-0.05, 0) is 29.2 Å². The highest BCUT2D eigenvalue weighted by Crippen LogP contribution is 2.44. The van der Waals surface area contributed by atoms with Crippen LogP contribution in [0.15, 0.2) is 48.5 Å². The van der Waals surface area contributed by atoms with Crippen LogP contribution >= 0.6 is 0 Å². The van der Waals surface area contributed by atoms with Gasteiger partial charge >= 0.3 is 12.2 Å². The van der Waals surface area contributed by atoms with Crippen molar-refractivity contribution in [1.82, 2.24) is 4.90 Å². The first kappa shape index (κ1) is 21.0. The molecule has 0 radical (unpaired) electrons. The topological polar surface area (TPSA) is 66.8 Å². The number of carboxylic acid groups (broad SMARTS) is 1. The quantitative estimate of drug-likeness (QED) is 0.683. The molecule has 168 valence electrons. The molecule has 2 saturated heterocycles. The van der Waals surface area contributed by atoms with Gasteiger partial charge in [-0.1, -0.05) is 48.5 Å². The molecular weight excluding hydrogens is 404 g/mol. The van der Waals surface area contributed by atoms with Crippen molar-refractivity contribution in [1.29, 1.82) is 0 Å². The fraction of sp³-hybridized carbons (Fsp3) is 0.462. The van der Waals surface area contributed by atoms with Gasteiger partial charge in [0.05, 0.1) is 12.6 Å². The molecule has 5 rings (SSSR count). The Morgan fingerprint density at radius 2 is 1.59 bits per heavy atom. The Kier molecular flexibility index (Phi) is 5.41. The maximum atomic E-state index is 12.9. The standard InChI is InChI=1S/C26H30N2O4/c1-18-7-6-16-28(18,26(30)31)19-12-14-27(15-13-19)25(29)32-17-24-22-10-4-2-8-20(22)21-9-3-5-11-23(21)24/h2-5,8-11,18-19,24H,6-7,12-17H2,1H3/p+1/t18-,28?/m1/s1. The summed E-state index contributed by atoms with van der Waals surface area (Å²) in [7, 11) is 0. The Balaban J connectivity index is 1.23. The van der Waals surface area contributed by atoms with Crippen molar-refractivity contribution in [2.24, 2.45) is 0 Å². The zero-order chi connectivity index (χ0) is 22.3. The van der Waals surface area contributed by atoms with E-state index >= 15 is 0 Å². The van der Waals surface area contributed by atoms with Gasteiger partial charge in [0.15, 0.2) is 0 Å². The van der Waals surface area contributed by atoms with Crippen LogP contribution in [0.5, 0.6) is 0 Å². The molecule has 0 saturated carbocycles. The van der Waals surface area contributed by atoms with E-state index in [-0.39, 0.29) is 28.6 Å². The van der Waals surface area contributed by atoms with Crippen molar-refractivity contribution in [3.8, 4) is 11.1 Å². The number of fused-ring (bicyclic) bond motifs is 3. The van der Waals surface area contributed by atoms with E-state index in [1.54, 1.807) is 4.90 Å². The van der Waals surface area contributed by atoms with E-state index in [2.05, 4.69) is 31.2 Å². The lowest BCUT2D eigenvalue weighted by Gasteiger charge is -2.43. The number of quaternary nitrogens is 1. The first-order chi connectivity index (χ1) is 15.5. The Hall–Kier alpha value is -2.86. The Morgan fingerprint density at radius 3 is 2.12 bits per heavy atom. The van der Waals surface area contributed by atoms with E-state index < -0.39 is 6.09 Å². The lowest BCUT2D eigenvalue weighted by Crippen LogP contribution is -2.63. The van der Waals surface area contributed by atoms with Crippen LogP contribution in [-0.2, 0) is 4.74 Å². The minimum Gasteiger partial charge on any atom is -0.448 e. The van der Waals surface area contributed by atoms with E-state index in [0.717, 1.165) is 12.8 Å². The first-order valence-electron chi connectivity index (χ1n) is 11.7. The molecule has 2 aromatic carbocycles. The molecule has 2 aromatic rings. The number of carbonyl (C=O) groups is 2. The Bertz CT molecular complexity index is 984. The van der Waals surface area contributed by atoms with Crippen LogP contribution in [0.1, 0.15) is 49.7 Å². The molecule has 2 aliphatic heterocycles. The fourth-order valence-electron chi connectivity index (χ4n) is 6.28. The molecule has 32 heavy (non-hydrogen) atoms. The lowest BCUT2D eigenvalue weighted by atomic mass is 9.98. The van der Waals surface area contributed by atoms with Crippen LogP contribution in [0.4, 0.5) is 9.59 Å². The number of piperidine rings is 1. The van der Waals surface area contributed by atoms with Gasteiger partial charge in [0.2, 0.25) is 0 Å². The summed E-state index contributed by atoms with van der Waals surface area (Å²) < 4.78 is 5.96. The number of benzene rings is 2. The number of carbonyl (C=O) groups excluding carboxylic acids is 1. The van der Waals surface area contributed by atoms with Gasteiger partial charge in [0.25, 0.3) is 0 Å². The van der Waals surface area contributed by atoms with Gasteiger partial charge in [-0.25, -0.2) is 9.28 Å². The van der Waals surface area contributed by atoms with Crippen molar-refractivity contribution >= 4 is 12.2 Å². The third-order valence-electron chi connectivity index (χ3n) is 8.00. The summed E-state index contributed by atoms with van der Waals surface area (Å²) >= 11 is 0. The molecule has 1 aliphatic carbocycles. The number of ether oxygens (including phenoxy) is 1. The smallest absolute Gasteiger partial charge is 0.448 e. The molecule has 6 heteroatoms. The van der Waals surface area contributed by atoms with E-state index in [4.69, 9.17) is 4.74 Å². The van der Waals surface area contributed by atoms with Crippen LogP contribution in [-0.4, -0.2) is 65.0 Å². The van der Waals surface area contributed by atoms with Crippen molar-refractivity contribution < 1.29 is 23.9 Å². The molecule has 3 aliphatic rings. The summed E-state index contributed by atoms with van der Waals surface area (Å²) in [4.78, 5) is 26.8. The predicted octanol–water partition coefficient (Wildman–Crippen LogP) is 5.08. The number of nitrogens with zero attached hydrogens (tertiary/aromatic N) is 2. The van der Waals surface area contributed by atoms with E-state index in [0.29, 0.717) is 39.1 Å². The van der Waals surface area contributed by atoms with Gasteiger partial charge in [0.1, 0.15) is 12.6 Å². The second kappa shape index (κ2) is 8.24. The highest BCUT2D eigenvalue weighted by molar-refractivity contribution is 5.79. The second-order valence-corrected chi connectivity index (χ2v) is 9.45. The molecule has 2 fully saturated rings. The monoisotopic (exact) mass is 435 g/mol. The van der Waals surface area contributed by atoms with Crippen LogP contribution in [0.2, 0.25) is 0 Å². The first-order valence-corrected chi connectivity index (χ1v) is 11.7. The maximum absolute atomic E-state index is 12.9. The third-order valence-corrected chi connectivity index (χ3v) is 8.00. The van der Waals surface area contributed by atoms with Crippen molar-refractivity contribution in [2.45, 2.75) is 50.6 Å². The minimum absolute atomic E-state index is 0.0511. The second-order valence-electron chi connectivity index (χ2n) is 9.45. The van der Waals surface area contributed by atoms with Crippen LogP contribution in [0, 0.1) is 0 Å². The van der Waals surface area contributed by atoms with Crippen LogP contribution in [0.25, 0.3) is 11.1 Å². The SMILES string of the molecule is C[C@@H]1CCC[N+]1(C(=O)O)C1CCN(C(=O)OCC2c3ccccc3-c3ccccc32)CC1. The summed E-state index contributed by atoms with van der Waals surface area (Å²) in [5.74, 6) is 0.0511. The highest BCUT2D eigenvalue weighted by atomic mass is 16.6. The lowest BCUT2D eigenvalue weighted by molar-refractivity contribution is -0.893. The van der Waals surface area contributed by atoms with Crippen LogP contribution in [0.3, 0.4) is 0 Å². The van der Waals surface area contributed by atoms with Crippen molar-refractivity contribution in [3.63, 3.8) is 0 Å². The van der Waals surface area contributed by atoms with Crippen molar-refractivity contribution in [3.05, 3.63) is 59.7 Å². The summed E-state index contributed by atoms with van der Waals surface area (Å²) in [6, 6.07) is 16.8. The summed E-state index contributed by atoms with van der Waals surface area (Å²) in [6.07, 6.45) is 2.33. The summed E-state index contributed by atoms with van der Waals surface area (Å²) in [5, 5.41) is 9.99. The zero-order valence-electron chi connectivity index (χ0n) is 18.6. The summed E-state index contributed by atoms with van der Waals surface area (Å²) in [6.45, 7) is 4.19. The molecule has 1 N–H and O–H groups in total. The predicted molar refractivity (Wildman–Crippen MR) is 122 cm³/mol. The number of hydrogen-bond acceptors (Lipinski definition) is 3. The molecule has 2 amide bonds. The molecule has 0 aromatic heterocycles. The Morgan fingerprint density at radius 1 is 1.00 bits per heavy atom. The number of amides is 2.